The van der Waals surface area contributed by atoms with Gasteiger partial charge in [0.05, 0.1) is 29.7 Å². The Morgan fingerprint density at radius 2 is 2.00 bits per heavy atom. The maximum absolute atomic E-state index is 8.82. The molecule has 0 spiro atoms. The van der Waals surface area contributed by atoms with E-state index in [0.717, 1.165) is 48.6 Å². The Labute approximate surface area is 154 Å². The van der Waals surface area contributed by atoms with E-state index in [0.29, 0.717) is 24.0 Å². The second kappa shape index (κ2) is 6.39. The highest BCUT2D eigenvalue weighted by Crippen LogP contribution is 2.35. The van der Waals surface area contributed by atoms with Crippen LogP contribution in [0.4, 0.5) is 11.5 Å². The largest absolute Gasteiger partial charge is 0.398 e. The standard InChI is InChI=1S/C19H27N7/c1-12(2)26-16-11-25(13-5-8-24(3)9-6-13)19-17(15(20)4-7-22-19)18(21)14(16)10-23-26/h4,7,10,12-13,21H,5-6,8-9,11H2,1-3H3,(H2,20,22). The Bertz CT molecular complexity index is 830. The molecule has 7 nitrogen and oxygen atoms in total. The van der Waals surface area contributed by atoms with Crippen molar-refractivity contribution in [1.82, 2.24) is 19.7 Å². The third kappa shape index (κ3) is 2.67. The summed E-state index contributed by atoms with van der Waals surface area (Å²) in [6.07, 6.45) is 5.75. The van der Waals surface area contributed by atoms with Gasteiger partial charge in [-0.2, -0.15) is 5.10 Å². The van der Waals surface area contributed by atoms with Crippen molar-refractivity contribution < 1.29 is 0 Å². The summed E-state index contributed by atoms with van der Waals surface area (Å²) in [5.41, 5.74) is 10.0. The zero-order valence-corrected chi connectivity index (χ0v) is 15.7. The van der Waals surface area contributed by atoms with Crippen molar-refractivity contribution >= 4 is 17.2 Å². The predicted molar refractivity (Wildman–Crippen MR) is 104 cm³/mol. The molecule has 4 heterocycles. The van der Waals surface area contributed by atoms with Gasteiger partial charge in [-0.3, -0.25) is 10.1 Å². The van der Waals surface area contributed by atoms with Crippen molar-refractivity contribution in [3.8, 4) is 0 Å². The summed E-state index contributed by atoms with van der Waals surface area (Å²) in [5.74, 6) is 0.844. The molecule has 3 N–H and O–H groups in total. The molecular weight excluding hydrogens is 326 g/mol. The minimum absolute atomic E-state index is 0.248. The molecular formula is C19H27N7. The third-order valence-corrected chi connectivity index (χ3v) is 5.59. The molecule has 138 valence electrons. The van der Waals surface area contributed by atoms with Crippen LogP contribution in [-0.4, -0.2) is 51.6 Å². The Morgan fingerprint density at radius 1 is 1.27 bits per heavy atom. The molecule has 0 aromatic carbocycles. The lowest BCUT2D eigenvalue weighted by Gasteiger charge is -2.38. The number of nitrogens with two attached hydrogens (primary N) is 1. The number of fused-ring (bicyclic) bond motifs is 2. The summed E-state index contributed by atoms with van der Waals surface area (Å²) in [6.45, 7) is 7.12. The molecule has 0 unspecified atom stereocenters. The number of hydrogen-bond donors (Lipinski definition) is 2. The van der Waals surface area contributed by atoms with Crippen molar-refractivity contribution in [2.45, 2.75) is 45.3 Å². The van der Waals surface area contributed by atoms with E-state index in [4.69, 9.17) is 11.1 Å². The van der Waals surface area contributed by atoms with Gasteiger partial charge in [-0.15, -0.1) is 0 Å². The zero-order valence-electron chi connectivity index (χ0n) is 15.7. The smallest absolute Gasteiger partial charge is 0.140 e. The summed E-state index contributed by atoms with van der Waals surface area (Å²) in [6, 6.07) is 2.43. The number of likely N-dealkylation sites (tertiary alicyclic amines) is 1. The first-order valence-corrected chi connectivity index (χ1v) is 9.32. The van der Waals surface area contributed by atoms with Crippen molar-refractivity contribution in [1.29, 1.82) is 5.41 Å². The Kier molecular flexibility index (Phi) is 4.19. The first kappa shape index (κ1) is 17.0. The molecule has 0 atom stereocenters. The van der Waals surface area contributed by atoms with Gasteiger partial charge < -0.3 is 15.5 Å². The normalized spacial score (nSPS) is 18.8. The monoisotopic (exact) mass is 353 g/mol. The zero-order chi connectivity index (χ0) is 18.4. The van der Waals surface area contributed by atoms with Crippen molar-refractivity contribution in [2.24, 2.45) is 0 Å². The van der Waals surface area contributed by atoms with E-state index in [-0.39, 0.29) is 6.04 Å². The molecule has 7 heteroatoms. The van der Waals surface area contributed by atoms with E-state index in [2.05, 4.69) is 40.8 Å². The Hall–Kier alpha value is -2.41. The molecule has 0 amide bonds. The molecule has 0 bridgehead atoms. The lowest BCUT2D eigenvalue weighted by Crippen LogP contribution is -2.44. The van der Waals surface area contributed by atoms with E-state index in [1.807, 2.05) is 10.9 Å². The molecule has 1 fully saturated rings. The van der Waals surface area contributed by atoms with Crippen LogP contribution in [0.5, 0.6) is 0 Å². The van der Waals surface area contributed by atoms with Crippen LogP contribution in [0, 0.1) is 5.41 Å². The first-order valence-electron chi connectivity index (χ1n) is 9.32. The fourth-order valence-corrected chi connectivity index (χ4v) is 4.12. The van der Waals surface area contributed by atoms with Gasteiger partial charge in [-0.1, -0.05) is 0 Å². The minimum atomic E-state index is 0.248. The number of hydrogen-bond acceptors (Lipinski definition) is 6. The van der Waals surface area contributed by atoms with Gasteiger partial charge in [0.25, 0.3) is 0 Å². The molecule has 2 aromatic heterocycles. The van der Waals surface area contributed by atoms with E-state index < -0.39 is 0 Å². The summed E-state index contributed by atoms with van der Waals surface area (Å²) < 4.78 is 2.04. The van der Waals surface area contributed by atoms with E-state index in [1.165, 1.54) is 0 Å². The summed E-state index contributed by atoms with van der Waals surface area (Å²) in [5, 5.41) is 13.4. The molecule has 26 heavy (non-hydrogen) atoms. The van der Waals surface area contributed by atoms with Crippen LogP contribution in [-0.2, 0) is 6.54 Å². The number of pyridine rings is 1. The Morgan fingerprint density at radius 3 is 2.69 bits per heavy atom. The van der Waals surface area contributed by atoms with Crippen molar-refractivity contribution in [3.05, 3.63) is 35.3 Å². The highest BCUT2D eigenvalue weighted by atomic mass is 15.3. The van der Waals surface area contributed by atoms with Crippen LogP contribution >= 0.6 is 0 Å². The van der Waals surface area contributed by atoms with Gasteiger partial charge in [0.1, 0.15) is 5.82 Å². The highest BCUT2D eigenvalue weighted by molar-refractivity contribution is 6.17. The van der Waals surface area contributed by atoms with Crippen LogP contribution in [0.25, 0.3) is 0 Å². The fraction of sp³-hybridized carbons (Fsp3) is 0.526. The van der Waals surface area contributed by atoms with Gasteiger partial charge >= 0.3 is 0 Å². The quantitative estimate of drug-likeness (QED) is 0.865. The Balaban J connectivity index is 1.85. The highest BCUT2D eigenvalue weighted by Gasteiger charge is 2.33. The topological polar surface area (TPSA) is 87.1 Å². The van der Waals surface area contributed by atoms with Crippen LogP contribution in [0.3, 0.4) is 0 Å². The van der Waals surface area contributed by atoms with Crippen LogP contribution < -0.4 is 10.6 Å². The van der Waals surface area contributed by atoms with Gasteiger partial charge in [0.15, 0.2) is 0 Å². The number of anilines is 2. The molecule has 0 aliphatic carbocycles. The maximum atomic E-state index is 8.82. The molecule has 2 aliphatic heterocycles. The number of nitrogen functional groups attached to an aromatic ring is 1. The molecule has 4 rings (SSSR count). The lowest BCUT2D eigenvalue weighted by atomic mass is 10.0. The van der Waals surface area contributed by atoms with Crippen LogP contribution in [0.15, 0.2) is 18.5 Å². The number of aromatic nitrogens is 3. The van der Waals surface area contributed by atoms with E-state index in [1.54, 1.807) is 12.3 Å². The van der Waals surface area contributed by atoms with Crippen molar-refractivity contribution in [2.75, 3.05) is 30.8 Å². The summed E-state index contributed by atoms with van der Waals surface area (Å²) in [7, 11) is 2.17. The first-order chi connectivity index (χ1) is 12.5. The van der Waals surface area contributed by atoms with Gasteiger partial charge in [-0.05, 0) is 52.9 Å². The number of nitrogens with one attached hydrogen (secondary N) is 1. The second-order valence-corrected chi connectivity index (χ2v) is 7.68. The predicted octanol–water partition coefficient (Wildman–Crippen LogP) is 2.27. The maximum Gasteiger partial charge on any atom is 0.140 e. The van der Waals surface area contributed by atoms with E-state index >= 15 is 0 Å². The third-order valence-electron chi connectivity index (χ3n) is 5.59. The molecule has 2 aliphatic rings. The average molecular weight is 353 g/mol. The fourth-order valence-electron chi connectivity index (χ4n) is 4.12. The van der Waals surface area contributed by atoms with Gasteiger partial charge in [0.2, 0.25) is 0 Å². The van der Waals surface area contributed by atoms with Gasteiger partial charge in [0, 0.05) is 29.5 Å². The summed E-state index contributed by atoms with van der Waals surface area (Å²) in [4.78, 5) is 9.39. The van der Waals surface area contributed by atoms with E-state index in [9.17, 15) is 0 Å². The number of piperidine rings is 1. The number of nitrogens with zero attached hydrogens (tertiary/aromatic N) is 5. The van der Waals surface area contributed by atoms with Crippen molar-refractivity contribution in [3.63, 3.8) is 0 Å². The lowest BCUT2D eigenvalue weighted by molar-refractivity contribution is 0.248. The van der Waals surface area contributed by atoms with Crippen LogP contribution in [0.1, 0.15) is 49.6 Å². The summed E-state index contributed by atoms with van der Waals surface area (Å²) >= 11 is 0. The molecule has 2 aromatic rings. The number of rotatable bonds is 2. The van der Waals surface area contributed by atoms with Crippen LogP contribution in [0.2, 0.25) is 0 Å². The molecule has 0 radical (unpaired) electrons. The average Bonchev–Trinajstić information content (AvgIpc) is 2.99. The second-order valence-electron chi connectivity index (χ2n) is 7.68. The molecule has 1 saturated heterocycles. The molecule has 0 saturated carbocycles. The van der Waals surface area contributed by atoms with Gasteiger partial charge in [-0.25, -0.2) is 4.98 Å². The minimum Gasteiger partial charge on any atom is -0.398 e. The SMILES string of the molecule is CC(C)n1ncc2c1CN(C1CCN(C)CC1)c1nccc(N)c1C2=N.